The van der Waals surface area contributed by atoms with Crippen LogP contribution in [0.4, 0.5) is 0 Å². The van der Waals surface area contributed by atoms with Crippen molar-refractivity contribution in [3.05, 3.63) is 18.2 Å². The monoisotopic (exact) mass is 152 g/mol. The van der Waals surface area contributed by atoms with Crippen LogP contribution >= 0.6 is 0 Å². The minimum absolute atomic E-state index is 0.0930. The highest BCUT2D eigenvalue weighted by Gasteiger charge is 2.08. The lowest BCUT2D eigenvalue weighted by Gasteiger charge is -2.03. The lowest BCUT2D eigenvalue weighted by Crippen LogP contribution is -2.09. The number of hydrogen-bond acceptors (Lipinski definition) is 2. The summed E-state index contributed by atoms with van der Waals surface area (Å²) in [6.45, 7) is 3.53. The molecule has 1 N–H and O–H groups in total. The molecule has 0 fully saturated rings. The molecule has 0 saturated carbocycles. The molecule has 0 aliphatic heterocycles. The van der Waals surface area contributed by atoms with Crippen LogP contribution < -0.4 is 0 Å². The molecule has 0 aliphatic rings. The van der Waals surface area contributed by atoms with Crippen LogP contribution in [0.5, 0.6) is 0 Å². The number of carbonyl (C=O) groups excluding carboxylic acids is 1. The predicted octanol–water partition coefficient (Wildman–Crippen LogP) is 1.18. The maximum atomic E-state index is 10.8. The third-order valence-corrected chi connectivity index (χ3v) is 1.77. The summed E-state index contributed by atoms with van der Waals surface area (Å²) in [6.07, 6.45) is 4.14. The summed E-state index contributed by atoms with van der Waals surface area (Å²) in [5.74, 6) is 0.315. The third-order valence-electron chi connectivity index (χ3n) is 1.77. The van der Waals surface area contributed by atoms with Crippen LogP contribution in [-0.2, 0) is 11.2 Å². The highest BCUT2D eigenvalue weighted by atomic mass is 16.1. The van der Waals surface area contributed by atoms with E-state index >= 15 is 0 Å². The van der Waals surface area contributed by atoms with Gasteiger partial charge in [0.1, 0.15) is 5.78 Å². The smallest absolute Gasteiger partial charge is 0.133 e. The number of H-pyrrole nitrogens is 1. The first-order chi connectivity index (χ1) is 5.20. The predicted molar refractivity (Wildman–Crippen MR) is 42.1 cm³/mol. The van der Waals surface area contributed by atoms with Crippen molar-refractivity contribution < 1.29 is 4.79 Å². The molecule has 3 heteroatoms. The van der Waals surface area contributed by atoms with E-state index in [4.69, 9.17) is 0 Å². The van der Waals surface area contributed by atoms with E-state index < -0.39 is 0 Å². The Morgan fingerprint density at radius 2 is 2.55 bits per heavy atom. The van der Waals surface area contributed by atoms with E-state index in [0.29, 0.717) is 0 Å². The first-order valence-corrected chi connectivity index (χ1v) is 3.68. The van der Waals surface area contributed by atoms with Crippen LogP contribution in [0.3, 0.4) is 0 Å². The van der Waals surface area contributed by atoms with Crippen LogP contribution in [0, 0.1) is 5.92 Å². The van der Waals surface area contributed by atoms with Crippen molar-refractivity contribution in [2.75, 3.05) is 0 Å². The van der Waals surface area contributed by atoms with E-state index in [2.05, 4.69) is 9.97 Å². The molecule has 1 atom stereocenters. The number of nitrogens with one attached hydrogen (secondary N) is 1. The lowest BCUT2D eigenvalue weighted by molar-refractivity contribution is -0.120. The Hall–Kier alpha value is -1.12. The number of rotatable bonds is 3. The molecule has 0 aromatic carbocycles. The third kappa shape index (κ3) is 2.18. The van der Waals surface area contributed by atoms with Crippen LogP contribution in [0.1, 0.15) is 19.5 Å². The van der Waals surface area contributed by atoms with E-state index in [-0.39, 0.29) is 11.7 Å². The molecule has 0 saturated heterocycles. The Morgan fingerprint density at radius 1 is 1.82 bits per heavy atom. The van der Waals surface area contributed by atoms with Gasteiger partial charge >= 0.3 is 0 Å². The summed E-state index contributed by atoms with van der Waals surface area (Å²) < 4.78 is 0. The average Bonchev–Trinajstić information content (AvgIpc) is 2.39. The van der Waals surface area contributed by atoms with Gasteiger partial charge < -0.3 is 4.98 Å². The second kappa shape index (κ2) is 3.32. The lowest BCUT2D eigenvalue weighted by atomic mass is 10.0. The normalized spacial score (nSPS) is 12.9. The number of aromatic amines is 1. The van der Waals surface area contributed by atoms with Gasteiger partial charge in [0.2, 0.25) is 0 Å². The molecular weight excluding hydrogens is 140 g/mol. The van der Waals surface area contributed by atoms with Crippen molar-refractivity contribution in [1.82, 2.24) is 9.97 Å². The summed E-state index contributed by atoms with van der Waals surface area (Å²) in [5.41, 5.74) is 1.02. The van der Waals surface area contributed by atoms with Crippen LogP contribution in [0.15, 0.2) is 12.5 Å². The van der Waals surface area contributed by atoms with E-state index in [1.165, 1.54) is 0 Å². The van der Waals surface area contributed by atoms with Gasteiger partial charge in [0.15, 0.2) is 0 Å². The largest absolute Gasteiger partial charge is 0.348 e. The fourth-order valence-corrected chi connectivity index (χ4v) is 0.870. The van der Waals surface area contributed by atoms with Crippen molar-refractivity contribution in [2.45, 2.75) is 20.3 Å². The van der Waals surface area contributed by atoms with Gasteiger partial charge in [-0.3, -0.25) is 4.79 Å². The van der Waals surface area contributed by atoms with Gasteiger partial charge in [-0.25, -0.2) is 4.98 Å². The van der Waals surface area contributed by atoms with Crippen LogP contribution in [0.2, 0.25) is 0 Å². The minimum Gasteiger partial charge on any atom is -0.348 e. The van der Waals surface area contributed by atoms with Crippen LogP contribution in [-0.4, -0.2) is 15.8 Å². The van der Waals surface area contributed by atoms with Gasteiger partial charge in [0.05, 0.1) is 6.33 Å². The summed E-state index contributed by atoms with van der Waals surface area (Å²) in [6, 6.07) is 0. The Balaban J connectivity index is 2.50. The second-order valence-electron chi connectivity index (χ2n) is 2.79. The Morgan fingerprint density at radius 3 is 3.00 bits per heavy atom. The van der Waals surface area contributed by atoms with E-state index in [0.717, 1.165) is 12.1 Å². The SMILES string of the molecule is CC(=O)[C@@H](C)Cc1cnc[nH]1. The molecule has 0 spiro atoms. The zero-order valence-corrected chi connectivity index (χ0v) is 6.79. The average molecular weight is 152 g/mol. The van der Waals surface area contributed by atoms with Crippen molar-refractivity contribution in [3.63, 3.8) is 0 Å². The number of Topliss-reactive ketones (excluding diaryl/α,β-unsaturated/α-hetero) is 1. The minimum atomic E-state index is 0.0930. The van der Waals surface area contributed by atoms with Crippen molar-refractivity contribution >= 4 is 5.78 Å². The van der Waals surface area contributed by atoms with Gasteiger partial charge in [0.25, 0.3) is 0 Å². The molecule has 3 nitrogen and oxygen atoms in total. The van der Waals surface area contributed by atoms with Crippen LogP contribution in [0.25, 0.3) is 0 Å². The first kappa shape index (κ1) is 7.98. The number of nitrogens with zero attached hydrogens (tertiary/aromatic N) is 1. The summed E-state index contributed by atoms with van der Waals surface area (Å²) in [4.78, 5) is 17.7. The number of ketones is 1. The van der Waals surface area contributed by atoms with Gasteiger partial charge in [-0.1, -0.05) is 6.92 Å². The quantitative estimate of drug-likeness (QED) is 0.706. The highest BCUT2D eigenvalue weighted by Crippen LogP contribution is 2.04. The highest BCUT2D eigenvalue weighted by molar-refractivity contribution is 5.78. The Labute approximate surface area is 65.8 Å². The molecule has 0 bridgehead atoms. The van der Waals surface area contributed by atoms with Gasteiger partial charge in [-0.05, 0) is 13.3 Å². The Bertz CT molecular complexity index is 228. The van der Waals surface area contributed by atoms with Crippen molar-refractivity contribution in [1.29, 1.82) is 0 Å². The van der Waals surface area contributed by atoms with Gasteiger partial charge in [0, 0.05) is 17.8 Å². The maximum absolute atomic E-state index is 10.8. The molecular formula is C8H12N2O. The molecule has 60 valence electrons. The van der Waals surface area contributed by atoms with E-state index in [1.54, 1.807) is 19.4 Å². The molecule has 1 aromatic rings. The van der Waals surface area contributed by atoms with Gasteiger partial charge in [-0.2, -0.15) is 0 Å². The molecule has 0 amide bonds. The number of carbonyl (C=O) groups is 1. The number of aromatic nitrogens is 2. The van der Waals surface area contributed by atoms with Gasteiger partial charge in [-0.15, -0.1) is 0 Å². The Kier molecular flexibility index (Phi) is 2.41. The standard InChI is InChI=1S/C8H12N2O/c1-6(7(2)11)3-8-4-9-5-10-8/h4-6H,3H2,1-2H3,(H,9,10)/t6-/m0/s1. The molecule has 11 heavy (non-hydrogen) atoms. The summed E-state index contributed by atoms with van der Waals surface area (Å²) >= 11 is 0. The molecule has 0 unspecified atom stereocenters. The fourth-order valence-electron chi connectivity index (χ4n) is 0.870. The first-order valence-electron chi connectivity index (χ1n) is 3.68. The summed E-state index contributed by atoms with van der Waals surface area (Å²) in [5, 5.41) is 0. The summed E-state index contributed by atoms with van der Waals surface area (Å²) in [7, 11) is 0. The number of hydrogen-bond donors (Lipinski definition) is 1. The second-order valence-corrected chi connectivity index (χ2v) is 2.79. The molecule has 0 aliphatic carbocycles. The fraction of sp³-hybridized carbons (Fsp3) is 0.500. The zero-order chi connectivity index (χ0) is 8.27. The maximum Gasteiger partial charge on any atom is 0.133 e. The van der Waals surface area contributed by atoms with E-state index in [9.17, 15) is 4.79 Å². The van der Waals surface area contributed by atoms with Crippen molar-refractivity contribution in [3.8, 4) is 0 Å². The molecule has 1 rings (SSSR count). The molecule has 1 aromatic heterocycles. The van der Waals surface area contributed by atoms with E-state index in [1.807, 2.05) is 6.92 Å². The zero-order valence-electron chi connectivity index (χ0n) is 6.79. The molecule has 0 radical (unpaired) electrons. The number of imidazole rings is 1. The molecule has 1 heterocycles. The van der Waals surface area contributed by atoms with Crippen molar-refractivity contribution in [2.24, 2.45) is 5.92 Å². The topological polar surface area (TPSA) is 45.8 Å².